The SMILES string of the molecule is CC(C)[C@H](N)C(=O)N[C@H](C(=O)N[C@@H](CCCN=C(N)N)C(=O)N[C@@H](CCCCN)C(=O)O)[C@@H](C)O. The molecule has 0 fully saturated rings. The Balaban J connectivity index is 5.54. The second kappa shape index (κ2) is 16.6. The Labute approximate surface area is 205 Å². The third-order valence-corrected chi connectivity index (χ3v) is 5.22. The molecule has 0 unspecified atom stereocenters. The molecule has 0 radical (unpaired) electrons. The van der Waals surface area contributed by atoms with Crippen molar-refractivity contribution < 1.29 is 29.4 Å². The van der Waals surface area contributed by atoms with Gasteiger partial charge < -0.3 is 49.1 Å². The van der Waals surface area contributed by atoms with Gasteiger partial charge in [0.05, 0.1) is 12.1 Å². The summed E-state index contributed by atoms with van der Waals surface area (Å²) in [6, 6.07) is -4.65. The first-order valence-corrected chi connectivity index (χ1v) is 11.6. The average Bonchev–Trinajstić information content (AvgIpc) is 2.77. The predicted octanol–water partition coefficient (Wildman–Crippen LogP) is -2.93. The third kappa shape index (κ3) is 12.9. The van der Waals surface area contributed by atoms with Crippen LogP contribution in [0.25, 0.3) is 0 Å². The average molecular weight is 503 g/mol. The van der Waals surface area contributed by atoms with Crippen LogP contribution in [0.15, 0.2) is 4.99 Å². The molecule has 35 heavy (non-hydrogen) atoms. The predicted molar refractivity (Wildman–Crippen MR) is 131 cm³/mol. The van der Waals surface area contributed by atoms with Crippen LogP contribution >= 0.6 is 0 Å². The number of aliphatic hydroxyl groups is 1. The standard InChI is InChI=1S/C21H42N8O6/c1-11(2)15(23)18(32)29-16(12(3)30)19(33)27-13(8-6-10-26-21(24)25)17(31)28-14(20(34)35)7-4-5-9-22/h11-16,30H,4-10,22-23H2,1-3H3,(H,27,33)(H,28,31)(H,29,32)(H,34,35)(H4,24,25,26)/t12-,13+,14+,15+,16+/m1/s1. The van der Waals surface area contributed by atoms with E-state index < -0.39 is 54.0 Å². The maximum absolute atomic E-state index is 12.9. The van der Waals surface area contributed by atoms with Gasteiger partial charge in [0.25, 0.3) is 0 Å². The van der Waals surface area contributed by atoms with E-state index in [1.165, 1.54) is 6.92 Å². The highest BCUT2D eigenvalue weighted by atomic mass is 16.4. The van der Waals surface area contributed by atoms with E-state index in [0.29, 0.717) is 19.4 Å². The minimum absolute atomic E-state index is 0.0650. The van der Waals surface area contributed by atoms with Gasteiger partial charge in [-0.2, -0.15) is 0 Å². The summed E-state index contributed by atoms with van der Waals surface area (Å²) in [7, 11) is 0. The molecule has 0 aromatic rings. The molecule has 14 heteroatoms. The summed E-state index contributed by atoms with van der Waals surface area (Å²) < 4.78 is 0. The Morgan fingerprint density at radius 3 is 1.91 bits per heavy atom. The number of carbonyl (C=O) groups is 4. The van der Waals surface area contributed by atoms with Gasteiger partial charge in [-0.1, -0.05) is 13.8 Å². The van der Waals surface area contributed by atoms with Crippen LogP contribution in [0.4, 0.5) is 0 Å². The molecular weight excluding hydrogens is 460 g/mol. The lowest BCUT2D eigenvalue weighted by Crippen LogP contribution is -2.60. The number of nitrogens with zero attached hydrogens (tertiary/aromatic N) is 1. The molecule has 0 spiro atoms. The Hall–Kier alpha value is -2.97. The van der Waals surface area contributed by atoms with Crippen molar-refractivity contribution in [1.82, 2.24) is 16.0 Å². The Morgan fingerprint density at radius 2 is 1.43 bits per heavy atom. The minimum Gasteiger partial charge on any atom is -0.480 e. The summed E-state index contributed by atoms with van der Waals surface area (Å²) in [5.41, 5.74) is 21.8. The molecule has 3 amide bonds. The fraction of sp³-hybridized carbons (Fsp3) is 0.762. The summed E-state index contributed by atoms with van der Waals surface area (Å²) in [5, 5.41) is 26.8. The number of unbranched alkanes of at least 4 members (excludes halogenated alkanes) is 1. The quantitative estimate of drug-likeness (QED) is 0.0555. The first-order chi connectivity index (χ1) is 16.3. The number of nitrogens with one attached hydrogen (secondary N) is 3. The molecule has 0 rings (SSSR count). The fourth-order valence-electron chi connectivity index (χ4n) is 3.01. The van der Waals surface area contributed by atoms with Gasteiger partial charge in [-0.25, -0.2) is 4.79 Å². The smallest absolute Gasteiger partial charge is 0.326 e. The van der Waals surface area contributed by atoms with Gasteiger partial charge in [-0.3, -0.25) is 19.4 Å². The van der Waals surface area contributed by atoms with E-state index >= 15 is 0 Å². The Morgan fingerprint density at radius 1 is 0.857 bits per heavy atom. The van der Waals surface area contributed by atoms with Gasteiger partial charge in [0.2, 0.25) is 17.7 Å². The molecule has 0 aliphatic carbocycles. The second-order valence-electron chi connectivity index (χ2n) is 8.69. The number of nitrogens with two attached hydrogens (primary N) is 4. The lowest BCUT2D eigenvalue weighted by molar-refractivity contribution is -0.142. The number of rotatable bonds is 17. The van der Waals surface area contributed by atoms with E-state index in [4.69, 9.17) is 22.9 Å². The zero-order chi connectivity index (χ0) is 27.1. The molecule has 0 aromatic heterocycles. The van der Waals surface area contributed by atoms with Crippen LogP contribution in [0.1, 0.15) is 52.9 Å². The van der Waals surface area contributed by atoms with Crippen LogP contribution in [0.2, 0.25) is 0 Å². The minimum atomic E-state index is -1.39. The summed E-state index contributed by atoms with van der Waals surface area (Å²) in [4.78, 5) is 53.5. The monoisotopic (exact) mass is 502 g/mol. The van der Waals surface area contributed by atoms with E-state index in [9.17, 15) is 29.4 Å². The number of guanidine groups is 1. The largest absolute Gasteiger partial charge is 0.480 e. The normalized spacial score (nSPS) is 15.3. The number of aliphatic imine (C=N–C) groups is 1. The molecule has 0 heterocycles. The number of aliphatic hydroxyl groups excluding tert-OH is 1. The molecule has 202 valence electrons. The van der Waals surface area contributed by atoms with Crippen molar-refractivity contribution in [1.29, 1.82) is 0 Å². The fourth-order valence-corrected chi connectivity index (χ4v) is 3.01. The summed E-state index contributed by atoms with van der Waals surface area (Å²) in [6.45, 7) is 5.31. The number of aliphatic carboxylic acids is 1. The number of hydrogen-bond acceptors (Lipinski definition) is 8. The van der Waals surface area contributed by atoms with E-state index in [0.717, 1.165) is 0 Å². The molecule has 0 aliphatic rings. The molecular formula is C21H42N8O6. The maximum Gasteiger partial charge on any atom is 0.326 e. The van der Waals surface area contributed by atoms with Crippen LogP contribution in [0.3, 0.4) is 0 Å². The first kappa shape index (κ1) is 32.0. The van der Waals surface area contributed by atoms with Crippen LogP contribution in [0, 0.1) is 5.92 Å². The van der Waals surface area contributed by atoms with Gasteiger partial charge in [0, 0.05) is 6.54 Å². The lowest BCUT2D eigenvalue weighted by Gasteiger charge is -2.27. The lowest BCUT2D eigenvalue weighted by atomic mass is 10.0. The second-order valence-corrected chi connectivity index (χ2v) is 8.69. The summed E-state index contributed by atoms with van der Waals surface area (Å²) in [5.74, 6) is -3.79. The van der Waals surface area contributed by atoms with Crippen molar-refractivity contribution in [3.63, 3.8) is 0 Å². The zero-order valence-corrected chi connectivity index (χ0v) is 20.7. The van der Waals surface area contributed by atoms with E-state index in [2.05, 4.69) is 20.9 Å². The Kier molecular flexibility index (Phi) is 15.2. The maximum atomic E-state index is 12.9. The molecule has 0 bridgehead atoms. The molecule has 14 nitrogen and oxygen atoms in total. The summed E-state index contributed by atoms with van der Waals surface area (Å²) in [6.07, 6.45) is 0.285. The highest BCUT2D eigenvalue weighted by molar-refractivity contribution is 5.94. The topological polar surface area (TPSA) is 261 Å². The van der Waals surface area contributed by atoms with Crippen molar-refractivity contribution in [2.45, 2.75) is 83.1 Å². The van der Waals surface area contributed by atoms with Gasteiger partial charge in [-0.15, -0.1) is 0 Å². The molecule has 0 aliphatic heterocycles. The third-order valence-electron chi connectivity index (χ3n) is 5.22. The molecule has 0 saturated carbocycles. The van der Waals surface area contributed by atoms with Gasteiger partial charge in [0.1, 0.15) is 18.1 Å². The van der Waals surface area contributed by atoms with Crippen LogP contribution in [0.5, 0.6) is 0 Å². The number of amides is 3. The number of hydrogen-bond donors (Lipinski definition) is 9. The number of carboxylic acids is 1. The number of carboxylic acid groups (broad SMARTS) is 1. The van der Waals surface area contributed by atoms with Crippen LogP contribution in [-0.2, 0) is 19.2 Å². The highest BCUT2D eigenvalue weighted by Gasteiger charge is 2.32. The van der Waals surface area contributed by atoms with Crippen molar-refractivity contribution in [2.75, 3.05) is 13.1 Å². The summed E-state index contributed by atoms with van der Waals surface area (Å²) >= 11 is 0. The van der Waals surface area contributed by atoms with Crippen molar-refractivity contribution >= 4 is 29.7 Å². The van der Waals surface area contributed by atoms with Gasteiger partial charge in [-0.05, 0) is 51.5 Å². The Bertz CT molecular complexity index is 727. The molecule has 5 atom stereocenters. The number of carbonyl (C=O) groups excluding carboxylic acids is 3. The first-order valence-electron chi connectivity index (χ1n) is 11.6. The van der Waals surface area contributed by atoms with Crippen molar-refractivity contribution in [3.8, 4) is 0 Å². The van der Waals surface area contributed by atoms with E-state index in [-0.39, 0.29) is 37.7 Å². The molecule has 13 N–H and O–H groups in total. The van der Waals surface area contributed by atoms with Crippen LogP contribution in [-0.4, -0.2) is 83.2 Å². The van der Waals surface area contributed by atoms with E-state index in [1.807, 2.05) is 0 Å². The van der Waals surface area contributed by atoms with Crippen LogP contribution < -0.4 is 38.9 Å². The molecule has 0 aromatic carbocycles. The highest BCUT2D eigenvalue weighted by Crippen LogP contribution is 2.06. The van der Waals surface area contributed by atoms with E-state index in [1.54, 1.807) is 13.8 Å². The van der Waals surface area contributed by atoms with Gasteiger partial charge in [0.15, 0.2) is 5.96 Å². The van der Waals surface area contributed by atoms with Crippen molar-refractivity contribution in [2.24, 2.45) is 33.8 Å². The van der Waals surface area contributed by atoms with Crippen molar-refractivity contribution in [3.05, 3.63) is 0 Å². The molecule has 0 saturated heterocycles. The van der Waals surface area contributed by atoms with Gasteiger partial charge >= 0.3 is 5.97 Å². The zero-order valence-electron chi connectivity index (χ0n) is 20.7.